The second-order valence-corrected chi connectivity index (χ2v) is 20.7. The lowest BCUT2D eigenvalue weighted by atomic mass is 9.93. The van der Waals surface area contributed by atoms with E-state index in [1.807, 2.05) is 91.0 Å². The number of hydrogen-bond donors (Lipinski definition) is 0. The van der Waals surface area contributed by atoms with E-state index in [0.29, 0.717) is 39.3 Å². The van der Waals surface area contributed by atoms with Gasteiger partial charge in [0, 0.05) is 13.0 Å². The smallest absolute Gasteiger partial charge is 0.261 e. The minimum atomic E-state index is -2.91. The summed E-state index contributed by atoms with van der Waals surface area (Å²) >= 11 is 0. The number of benzene rings is 5. The van der Waals surface area contributed by atoms with Crippen molar-refractivity contribution < 1.29 is 37.6 Å². The molecule has 0 saturated carbocycles. The lowest BCUT2D eigenvalue weighted by Gasteiger charge is -2.43. The van der Waals surface area contributed by atoms with Crippen LogP contribution in [0.25, 0.3) is 0 Å². The fraction of sp³-hybridized carbons (Fsp3) is 0.380. The SMILES string of the molecule is COc1ccc(COCC[C@@H](C)[C@@H](OCc2ccccc2)C(=O)C2C[C@@H](OCc3ccc(OC)cc3)[C@@H](CO[Si](c3ccccc3)(c3ccccc3)C(C)(C)C)O2)cc1. The van der Waals surface area contributed by atoms with Gasteiger partial charge < -0.3 is 32.8 Å². The Balaban J connectivity index is 1.23. The van der Waals surface area contributed by atoms with Crippen molar-refractivity contribution in [1.82, 2.24) is 0 Å². The van der Waals surface area contributed by atoms with Crippen LogP contribution in [0.2, 0.25) is 5.04 Å². The number of ketones is 1. The molecule has 0 N–H and O–H groups in total. The fourth-order valence-corrected chi connectivity index (χ4v) is 12.5. The van der Waals surface area contributed by atoms with Crippen LogP contribution in [0.1, 0.15) is 57.2 Å². The summed E-state index contributed by atoms with van der Waals surface area (Å²) < 4.78 is 44.1. The lowest BCUT2D eigenvalue weighted by Crippen LogP contribution is -2.67. The van der Waals surface area contributed by atoms with Gasteiger partial charge in [-0.05, 0) is 68.7 Å². The molecule has 1 fully saturated rings. The van der Waals surface area contributed by atoms with E-state index in [9.17, 15) is 4.79 Å². The van der Waals surface area contributed by atoms with Gasteiger partial charge in [-0.25, -0.2) is 0 Å². The number of carbonyl (C=O) groups excluding carboxylic acids is 1. The highest BCUT2D eigenvalue weighted by Gasteiger charge is 2.52. The van der Waals surface area contributed by atoms with Gasteiger partial charge in [0.1, 0.15) is 29.8 Å². The molecule has 1 heterocycles. The van der Waals surface area contributed by atoms with Gasteiger partial charge in [-0.2, -0.15) is 0 Å². The van der Waals surface area contributed by atoms with Gasteiger partial charge in [-0.3, -0.25) is 4.79 Å². The second kappa shape index (κ2) is 21.1. The largest absolute Gasteiger partial charge is 0.497 e. The maximum Gasteiger partial charge on any atom is 0.261 e. The molecule has 5 atom stereocenters. The summed E-state index contributed by atoms with van der Waals surface area (Å²) in [6, 6.07) is 46.8. The summed E-state index contributed by atoms with van der Waals surface area (Å²) in [5, 5.41) is 2.12. The van der Waals surface area contributed by atoms with Gasteiger partial charge >= 0.3 is 0 Å². The Hall–Kier alpha value is -4.61. The van der Waals surface area contributed by atoms with Gasteiger partial charge in [-0.15, -0.1) is 0 Å². The molecule has 0 bridgehead atoms. The summed E-state index contributed by atoms with van der Waals surface area (Å²) in [5.41, 5.74) is 3.05. The number of methoxy groups -OCH3 is 2. The molecule has 1 aliphatic rings. The summed E-state index contributed by atoms with van der Waals surface area (Å²) in [7, 11) is 0.399. The van der Waals surface area contributed by atoms with E-state index >= 15 is 0 Å². The molecule has 5 aromatic rings. The number of rotatable bonds is 21. The van der Waals surface area contributed by atoms with Crippen LogP contribution >= 0.6 is 0 Å². The van der Waals surface area contributed by atoms with Gasteiger partial charge in [0.15, 0.2) is 5.78 Å². The van der Waals surface area contributed by atoms with Crippen LogP contribution in [-0.2, 0) is 48.0 Å². The van der Waals surface area contributed by atoms with Crippen molar-refractivity contribution in [3.8, 4) is 11.5 Å². The van der Waals surface area contributed by atoms with Crippen LogP contribution in [0.15, 0.2) is 140 Å². The Bertz CT molecular complexity index is 1950. The molecule has 0 amide bonds. The summed E-state index contributed by atoms with van der Waals surface area (Å²) in [5.74, 6) is 1.35. The molecule has 5 aromatic carbocycles. The zero-order valence-electron chi connectivity index (χ0n) is 35.4. The van der Waals surface area contributed by atoms with E-state index in [4.69, 9.17) is 32.8 Å². The van der Waals surface area contributed by atoms with Crippen molar-refractivity contribution in [3.05, 3.63) is 156 Å². The molecule has 6 rings (SSSR count). The van der Waals surface area contributed by atoms with E-state index in [2.05, 4.69) is 76.2 Å². The van der Waals surface area contributed by atoms with Crippen LogP contribution in [0.5, 0.6) is 11.5 Å². The number of carbonyl (C=O) groups is 1. The Morgan fingerprint density at radius 2 is 1.20 bits per heavy atom. The first kappa shape index (κ1) is 44.0. The summed E-state index contributed by atoms with van der Waals surface area (Å²) in [6.45, 7) is 10.7. The molecule has 1 saturated heterocycles. The summed E-state index contributed by atoms with van der Waals surface area (Å²) in [4.78, 5) is 14.8. The van der Waals surface area contributed by atoms with Crippen LogP contribution in [0, 0.1) is 5.92 Å². The van der Waals surface area contributed by atoms with E-state index in [-0.39, 0.29) is 23.3 Å². The predicted molar refractivity (Wildman–Crippen MR) is 235 cm³/mol. The molecule has 0 aromatic heterocycles. The van der Waals surface area contributed by atoms with Crippen LogP contribution in [-0.4, -0.2) is 65.9 Å². The van der Waals surface area contributed by atoms with Crippen molar-refractivity contribution in [2.24, 2.45) is 5.92 Å². The molecule has 0 aliphatic carbocycles. The van der Waals surface area contributed by atoms with Gasteiger partial charge in [-0.1, -0.05) is 143 Å². The van der Waals surface area contributed by atoms with Crippen molar-refractivity contribution in [2.45, 2.75) is 89.8 Å². The zero-order chi connectivity index (χ0) is 41.7. The maximum absolute atomic E-state index is 14.8. The monoisotopic (exact) mass is 816 g/mol. The van der Waals surface area contributed by atoms with Crippen LogP contribution in [0.4, 0.5) is 0 Å². The van der Waals surface area contributed by atoms with Crippen molar-refractivity contribution in [2.75, 3.05) is 27.4 Å². The molecule has 59 heavy (non-hydrogen) atoms. The number of hydrogen-bond acceptors (Lipinski definition) is 8. The predicted octanol–water partition coefficient (Wildman–Crippen LogP) is 8.72. The topological polar surface area (TPSA) is 81.7 Å². The van der Waals surface area contributed by atoms with Crippen LogP contribution < -0.4 is 19.8 Å². The highest BCUT2D eigenvalue weighted by Crippen LogP contribution is 2.38. The van der Waals surface area contributed by atoms with E-state index in [1.54, 1.807) is 14.2 Å². The van der Waals surface area contributed by atoms with Crippen molar-refractivity contribution in [1.29, 1.82) is 0 Å². The highest BCUT2D eigenvalue weighted by atomic mass is 28.4. The Morgan fingerprint density at radius 1 is 0.695 bits per heavy atom. The molecule has 8 nitrogen and oxygen atoms in total. The fourth-order valence-electron chi connectivity index (χ4n) is 7.92. The minimum absolute atomic E-state index is 0.0884. The van der Waals surface area contributed by atoms with E-state index in [1.165, 1.54) is 10.4 Å². The first-order valence-electron chi connectivity index (χ1n) is 20.7. The third-order valence-electron chi connectivity index (χ3n) is 11.2. The maximum atomic E-state index is 14.8. The highest BCUT2D eigenvalue weighted by molar-refractivity contribution is 6.99. The quantitative estimate of drug-likeness (QED) is 0.0538. The van der Waals surface area contributed by atoms with Crippen LogP contribution in [0.3, 0.4) is 0 Å². The molecular formula is C50H60O8Si. The second-order valence-electron chi connectivity index (χ2n) is 16.4. The zero-order valence-corrected chi connectivity index (χ0v) is 36.4. The molecule has 0 radical (unpaired) electrons. The Kier molecular flexibility index (Phi) is 15.7. The van der Waals surface area contributed by atoms with E-state index in [0.717, 1.165) is 28.2 Å². The van der Waals surface area contributed by atoms with Crippen molar-refractivity contribution in [3.63, 3.8) is 0 Å². The first-order valence-corrected chi connectivity index (χ1v) is 22.6. The third kappa shape index (κ3) is 11.4. The average molecular weight is 817 g/mol. The normalized spacial score (nSPS) is 18.0. The first-order chi connectivity index (χ1) is 28.6. The molecule has 0 spiro atoms. The molecular weight excluding hydrogens is 757 g/mol. The van der Waals surface area contributed by atoms with Gasteiger partial charge in [0.25, 0.3) is 8.32 Å². The molecule has 1 unspecified atom stereocenters. The molecule has 312 valence electrons. The third-order valence-corrected chi connectivity index (χ3v) is 16.2. The minimum Gasteiger partial charge on any atom is -0.497 e. The molecule has 9 heteroatoms. The Labute approximate surface area is 351 Å². The average Bonchev–Trinajstić information content (AvgIpc) is 3.68. The van der Waals surface area contributed by atoms with Crippen molar-refractivity contribution >= 4 is 24.5 Å². The summed E-state index contributed by atoms with van der Waals surface area (Å²) in [6.07, 6.45) is -1.35. The number of Topliss-reactive ketones (excluding diaryl/α,β-unsaturated/α-hetero) is 1. The lowest BCUT2D eigenvalue weighted by molar-refractivity contribution is -0.147. The van der Waals surface area contributed by atoms with E-state index < -0.39 is 32.7 Å². The molecule has 1 aliphatic heterocycles. The van der Waals surface area contributed by atoms with Gasteiger partial charge in [0.2, 0.25) is 0 Å². The van der Waals surface area contributed by atoms with Gasteiger partial charge in [0.05, 0.1) is 46.8 Å². The Morgan fingerprint density at radius 3 is 1.73 bits per heavy atom. The number of ether oxygens (including phenoxy) is 6. The standard InChI is InChI=1S/C50H60O8Si/c1-37(30-31-54-33-39-22-26-41(52-5)27-23-39)49(56-35-38-16-10-7-11-17-38)48(51)46-32-45(55-34-40-24-28-42(53-6)29-25-40)47(58-46)36-57-59(50(2,3)4,43-18-12-8-13-19-43)44-20-14-9-15-21-44/h7-29,37,45-47,49H,30-36H2,1-6H3/t37-,45-,46?,47-,49-/m1/s1.